The lowest BCUT2D eigenvalue weighted by molar-refractivity contribution is -0.941. The van der Waals surface area contributed by atoms with E-state index >= 15 is 0 Å². The zero-order valence-electron chi connectivity index (χ0n) is 19.7. The van der Waals surface area contributed by atoms with Crippen molar-refractivity contribution in [2.24, 2.45) is 10.6 Å². The Hall–Kier alpha value is -2.64. The average molecular weight is 522 g/mol. The number of amides is 2. The fourth-order valence-electron chi connectivity index (χ4n) is 5.58. The van der Waals surface area contributed by atoms with Crippen molar-refractivity contribution in [3.8, 4) is 0 Å². The molecule has 5 aliphatic rings. The van der Waals surface area contributed by atoms with Gasteiger partial charge in [0.25, 0.3) is 11.8 Å². The lowest BCUT2D eigenvalue weighted by Crippen LogP contribution is -2.71. The topological polar surface area (TPSA) is 147 Å². The molecule has 0 spiro atoms. The van der Waals surface area contributed by atoms with Gasteiger partial charge < -0.3 is 25.5 Å². The van der Waals surface area contributed by atoms with Crippen molar-refractivity contribution in [1.82, 2.24) is 15.2 Å². The third kappa shape index (κ3) is 4.19. The zero-order valence-corrected chi connectivity index (χ0v) is 21.3. The van der Waals surface area contributed by atoms with E-state index in [1.54, 1.807) is 5.38 Å². The van der Waals surface area contributed by atoms with Gasteiger partial charge in [-0.1, -0.05) is 12.1 Å². The number of nitrogens with two attached hydrogens (primary N) is 1. The first-order chi connectivity index (χ1) is 16.7. The number of aromatic nitrogens is 1. The van der Waals surface area contributed by atoms with E-state index in [1.165, 1.54) is 23.8 Å². The van der Waals surface area contributed by atoms with Crippen LogP contribution in [0.4, 0.5) is 5.13 Å². The molecular weight excluding hydrogens is 492 g/mol. The van der Waals surface area contributed by atoms with E-state index < -0.39 is 29.2 Å². The molecule has 1 aromatic rings. The summed E-state index contributed by atoms with van der Waals surface area (Å²) >= 11 is 2.64. The summed E-state index contributed by atoms with van der Waals surface area (Å²) in [5, 5.41) is 17.8. The fourth-order valence-corrected chi connectivity index (χ4v) is 7.46. The molecule has 13 heteroatoms. The van der Waals surface area contributed by atoms with Crippen LogP contribution in [0.25, 0.3) is 0 Å². The minimum atomic E-state index is -1.10. The Morgan fingerprint density at radius 1 is 1.37 bits per heavy atom. The molecular formula is C22H29N6O5S2+. The van der Waals surface area contributed by atoms with Gasteiger partial charge in [-0.2, -0.15) is 0 Å². The standard InChI is InChI=1S/C22H28N6O5S2/c1-22-3-6-28(7-4-22,8-5-22)9-12-10-34-19-15(18(30)27(19)16(12)20(31)32)25-17(29)14(26-33-2)13-11-35-21(23)24-13/h11,15,19H,3-10H2,1-2H3,(H3-,23,24,25,29,31,32)/p+1/b26-14-/t15-,19-,22?,28?/m1/s1. The van der Waals surface area contributed by atoms with Crippen LogP contribution in [0, 0.1) is 5.41 Å². The number of rotatable bonds is 7. The SMILES string of the molecule is CO/N=C(\C(=O)N[C@@H]1C(=O)N2C(C(=O)O)=C(C[N+]34CCC(C)(CC3)CC4)CS[C@H]12)c1csc(N)n1. The third-order valence-corrected chi connectivity index (χ3v) is 9.81. The summed E-state index contributed by atoms with van der Waals surface area (Å²) in [5.74, 6) is -1.66. The molecule has 4 N–H and O–H groups in total. The lowest BCUT2D eigenvalue weighted by atomic mass is 9.72. The monoisotopic (exact) mass is 521 g/mol. The first-order valence-electron chi connectivity index (χ1n) is 11.5. The number of anilines is 1. The number of nitrogens with zero attached hydrogens (tertiary/aromatic N) is 4. The fraction of sp³-hybridized carbons (Fsp3) is 0.591. The van der Waals surface area contributed by atoms with Crippen LogP contribution in [0.15, 0.2) is 21.8 Å². The molecule has 0 aliphatic carbocycles. The third-order valence-electron chi connectivity index (χ3n) is 7.79. The summed E-state index contributed by atoms with van der Waals surface area (Å²) < 4.78 is 0.905. The number of carbonyl (C=O) groups is 3. The van der Waals surface area contributed by atoms with Crippen molar-refractivity contribution in [2.45, 2.75) is 37.6 Å². The quantitative estimate of drug-likeness (QED) is 0.207. The molecule has 0 saturated carbocycles. The van der Waals surface area contributed by atoms with Crippen LogP contribution in [-0.2, 0) is 19.2 Å². The number of quaternary nitrogens is 1. The predicted octanol–water partition coefficient (Wildman–Crippen LogP) is 0.835. The number of carboxylic acid groups (broad SMARTS) is 1. The minimum absolute atomic E-state index is 0.0775. The molecule has 0 unspecified atom stereocenters. The number of nitrogens with one attached hydrogen (secondary N) is 1. The number of thiazole rings is 1. The molecule has 11 nitrogen and oxygen atoms in total. The second-order valence-corrected chi connectivity index (χ2v) is 12.0. The highest BCUT2D eigenvalue weighted by Gasteiger charge is 2.56. The second-order valence-electron chi connectivity index (χ2n) is 10.0. The number of aliphatic carboxylic acids is 1. The highest BCUT2D eigenvalue weighted by atomic mass is 32.2. The highest BCUT2D eigenvalue weighted by molar-refractivity contribution is 8.00. The Morgan fingerprint density at radius 3 is 2.63 bits per heavy atom. The molecule has 5 aliphatic heterocycles. The van der Waals surface area contributed by atoms with Crippen molar-refractivity contribution < 1.29 is 28.8 Å². The number of oxime groups is 1. The van der Waals surface area contributed by atoms with Crippen LogP contribution in [-0.4, -0.2) is 93.4 Å². The molecule has 6 heterocycles. The normalized spacial score (nSPS) is 32.2. The Bertz CT molecular complexity index is 1120. The van der Waals surface area contributed by atoms with Crippen molar-refractivity contribution in [3.05, 3.63) is 22.3 Å². The molecule has 35 heavy (non-hydrogen) atoms. The lowest BCUT2D eigenvalue weighted by Gasteiger charge is -2.55. The molecule has 0 radical (unpaired) electrons. The predicted molar refractivity (Wildman–Crippen MR) is 131 cm³/mol. The van der Waals surface area contributed by atoms with Crippen LogP contribution < -0.4 is 11.1 Å². The van der Waals surface area contributed by atoms with Gasteiger partial charge in [0.05, 0.1) is 19.6 Å². The van der Waals surface area contributed by atoms with Gasteiger partial charge in [-0.3, -0.25) is 14.5 Å². The Morgan fingerprint density at radius 2 is 2.06 bits per heavy atom. The number of β-lactam (4-membered cyclic amide) rings is 1. The summed E-state index contributed by atoms with van der Waals surface area (Å²) in [4.78, 5) is 48.5. The first kappa shape index (κ1) is 24.1. The van der Waals surface area contributed by atoms with Crippen LogP contribution in [0.3, 0.4) is 0 Å². The molecule has 2 bridgehead atoms. The van der Waals surface area contributed by atoms with E-state index in [4.69, 9.17) is 10.6 Å². The molecule has 4 saturated heterocycles. The van der Waals surface area contributed by atoms with E-state index in [0.29, 0.717) is 17.7 Å². The van der Waals surface area contributed by atoms with E-state index in [2.05, 4.69) is 22.4 Å². The molecule has 4 fully saturated rings. The van der Waals surface area contributed by atoms with Crippen LogP contribution in [0.5, 0.6) is 0 Å². The van der Waals surface area contributed by atoms with Gasteiger partial charge in [-0.15, -0.1) is 23.1 Å². The summed E-state index contributed by atoms with van der Waals surface area (Å²) in [6.45, 7) is 6.17. The van der Waals surface area contributed by atoms with Gasteiger partial charge in [-0.05, 0) is 5.41 Å². The van der Waals surface area contributed by atoms with Crippen LogP contribution in [0.1, 0.15) is 31.9 Å². The molecule has 0 aromatic carbocycles. The summed E-state index contributed by atoms with van der Waals surface area (Å²) in [6, 6.07) is -0.862. The maximum atomic E-state index is 13.1. The number of hydrogen-bond donors (Lipinski definition) is 3. The number of nitrogen functional groups attached to an aromatic ring is 1. The zero-order chi connectivity index (χ0) is 25.0. The molecule has 2 atom stereocenters. The molecule has 188 valence electrons. The number of fused-ring (bicyclic) bond motifs is 4. The van der Waals surface area contributed by atoms with Crippen molar-refractivity contribution in [1.29, 1.82) is 0 Å². The van der Waals surface area contributed by atoms with E-state index in [-0.39, 0.29) is 22.2 Å². The minimum Gasteiger partial charge on any atom is -0.477 e. The number of thioether (sulfide) groups is 1. The largest absolute Gasteiger partial charge is 0.477 e. The Kier molecular flexibility index (Phi) is 6.04. The number of piperidine rings is 3. The number of hydrogen-bond acceptors (Lipinski definition) is 9. The van der Waals surface area contributed by atoms with Crippen molar-refractivity contribution in [2.75, 3.05) is 44.8 Å². The summed E-state index contributed by atoms with van der Waals surface area (Å²) in [7, 11) is 1.30. The first-order valence-corrected chi connectivity index (χ1v) is 13.5. The number of carbonyl (C=O) groups excluding carboxylic acids is 2. The van der Waals surface area contributed by atoms with Gasteiger partial charge in [0.15, 0.2) is 10.8 Å². The highest BCUT2D eigenvalue weighted by Crippen LogP contribution is 2.46. The second kappa shape index (κ2) is 8.79. The van der Waals surface area contributed by atoms with Gasteiger partial charge in [0.1, 0.15) is 36.5 Å². The summed E-state index contributed by atoms with van der Waals surface area (Å²) in [6.07, 6.45) is 3.47. The van der Waals surface area contributed by atoms with E-state index in [9.17, 15) is 19.5 Å². The maximum absolute atomic E-state index is 13.1. The Balaban J connectivity index is 1.33. The van der Waals surface area contributed by atoms with Gasteiger partial charge >= 0.3 is 5.97 Å². The maximum Gasteiger partial charge on any atom is 0.352 e. The van der Waals surface area contributed by atoms with Crippen molar-refractivity contribution in [3.63, 3.8) is 0 Å². The van der Waals surface area contributed by atoms with Crippen molar-refractivity contribution >= 4 is 51.7 Å². The van der Waals surface area contributed by atoms with Gasteiger partial charge in [0, 0.05) is 36.0 Å². The van der Waals surface area contributed by atoms with E-state index in [0.717, 1.165) is 60.3 Å². The summed E-state index contributed by atoms with van der Waals surface area (Å²) in [5.41, 5.74) is 7.12. The molecule has 6 rings (SSSR count). The number of carboxylic acids is 1. The van der Waals surface area contributed by atoms with Crippen LogP contribution >= 0.6 is 23.1 Å². The van der Waals surface area contributed by atoms with Gasteiger partial charge in [-0.25, -0.2) is 9.78 Å². The molecule has 1 aromatic heterocycles. The van der Waals surface area contributed by atoms with E-state index in [1.807, 2.05) is 0 Å². The van der Waals surface area contributed by atoms with Crippen LogP contribution in [0.2, 0.25) is 0 Å². The Labute approximate surface area is 210 Å². The average Bonchev–Trinajstić information content (AvgIpc) is 3.27. The molecule has 2 amide bonds. The van der Waals surface area contributed by atoms with Gasteiger partial charge in [0.2, 0.25) is 0 Å². The smallest absolute Gasteiger partial charge is 0.352 e.